The van der Waals surface area contributed by atoms with Crippen molar-refractivity contribution in [2.24, 2.45) is 10.7 Å². The molecule has 0 saturated heterocycles. The molecular weight excluding hydrogens is 315 g/mol. The highest BCUT2D eigenvalue weighted by atomic mass is 35.5. The van der Waals surface area contributed by atoms with Crippen LogP contribution in [-0.2, 0) is 6.54 Å². The van der Waals surface area contributed by atoms with Gasteiger partial charge in [-0.1, -0.05) is 16.8 Å². The molecule has 0 aliphatic rings. The first-order chi connectivity index (χ1) is 10.6. The number of aliphatic imine (C=N–C) groups is 1. The van der Waals surface area contributed by atoms with Gasteiger partial charge in [0.2, 0.25) is 0 Å². The van der Waals surface area contributed by atoms with E-state index in [4.69, 9.17) is 17.3 Å². The number of tetrazole rings is 1. The predicted molar refractivity (Wildman–Crippen MR) is 73.0 cm³/mol. The van der Waals surface area contributed by atoms with Crippen LogP contribution in [0.4, 0.5) is 10.1 Å². The van der Waals surface area contributed by atoms with Gasteiger partial charge in [-0.15, -0.1) is 5.10 Å². The molecule has 112 valence electrons. The summed E-state index contributed by atoms with van der Waals surface area (Å²) in [5.41, 5.74) is 6.91. The minimum atomic E-state index is -0.540. The van der Waals surface area contributed by atoms with Crippen molar-refractivity contribution in [1.82, 2.24) is 30.5 Å². The molecule has 0 amide bonds. The number of hydrogen-bond acceptors (Lipinski definition) is 7. The fourth-order valence-corrected chi connectivity index (χ4v) is 1.83. The maximum atomic E-state index is 13.1. The molecule has 3 aromatic rings. The number of benzene rings is 1. The second kappa shape index (κ2) is 5.85. The molecule has 0 spiro atoms. The third kappa shape index (κ3) is 2.91. The van der Waals surface area contributed by atoms with E-state index in [1.807, 2.05) is 0 Å². The SMILES string of the molecule is NC(=Nc1ccc(F)c(Cl)c1)c1nonc1Cn1cnnn1. The van der Waals surface area contributed by atoms with E-state index in [0.29, 0.717) is 11.4 Å². The lowest BCUT2D eigenvalue weighted by molar-refractivity contribution is 0.301. The minimum absolute atomic E-state index is 0.0481. The molecule has 2 N–H and O–H groups in total. The first-order valence-electron chi connectivity index (χ1n) is 5.95. The molecule has 3 rings (SSSR count). The van der Waals surface area contributed by atoms with Crippen LogP contribution in [0.1, 0.15) is 11.4 Å². The second-order valence-electron chi connectivity index (χ2n) is 4.16. The van der Waals surface area contributed by atoms with Crippen LogP contribution >= 0.6 is 11.6 Å². The quantitative estimate of drug-likeness (QED) is 0.560. The largest absolute Gasteiger partial charge is 0.382 e. The molecule has 0 aliphatic carbocycles. The molecule has 1 aromatic carbocycles. The maximum Gasteiger partial charge on any atom is 0.174 e. The van der Waals surface area contributed by atoms with Crippen LogP contribution < -0.4 is 5.73 Å². The van der Waals surface area contributed by atoms with Gasteiger partial charge < -0.3 is 5.73 Å². The molecule has 9 nitrogen and oxygen atoms in total. The topological polar surface area (TPSA) is 121 Å². The Kier molecular flexibility index (Phi) is 3.74. The average molecular weight is 323 g/mol. The minimum Gasteiger partial charge on any atom is -0.382 e. The summed E-state index contributed by atoms with van der Waals surface area (Å²) in [6, 6.07) is 3.97. The third-order valence-electron chi connectivity index (χ3n) is 2.66. The van der Waals surface area contributed by atoms with Gasteiger partial charge in [0.1, 0.15) is 17.8 Å². The lowest BCUT2D eigenvalue weighted by atomic mass is 10.3. The Morgan fingerprint density at radius 1 is 1.41 bits per heavy atom. The van der Waals surface area contributed by atoms with Gasteiger partial charge in [-0.3, -0.25) is 0 Å². The van der Waals surface area contributed by atoms with Crippen LogP contribution in [-0.4, -0.2) is 36.4 Å². The van der Waals surface area contributed by atoms with Crippen molar-refractivity contribution in [3.05, 3.63) is 46.8 Å². The summed E-state index contributed by atoms with van der Waals surface area (Å²) in [6.07, 6.45) is 1.41. The summed E-state index contributed by atoms with van der Waals surface area (Å²) in [5.74, 6) is -0.492. The van der Waals surface area contributed by atoms with Gasteiger partial charge in [-0.2, -0.15) is 0 Å². The Morgan fingerprint density at radius 3 is 3.00 bits per heavy atom. The third-order valence-corrected chi connectivity index (χ3v) is 2.94. The number of hydrogen-bond donors (Lipinski definition) is 1. The predicted octanol–water partition coefficient (Wildman–Crippen LogP) is 0.934. The number of nitrogens with zero attached hydrogens (tertiary/aromatic N) is 7. The summed E-state index contributed by atoms with van der Waals surface area (Å²) in [6.45, 7) is 0.215. The Bertz CT molecular complexity index is 815. The standard InChI is InChI=1S/C11H8ClFN8O/c12-7-3-6(1-2-8(7)13)16-11(14)10-9(17-22-18-10)4-21-5-15-19-20-21/h1-3,5H,4H2,(H2,14,16). The number of aromatic nitrogens is 6. The Labute approximate surface area is 127 Å². The van der Waals surface area contributed by atoms with E-state index in [1.165, 1.54) is 29.2 Å². The maximum absolute atomic E-state index is 13.1. The summed E-state index contributed by atoms with van der Waals surface area (Å²) in [7, 11) is 0. The van der Waals surface area contributed by atoms with Gasteiger partial charge >= 0.3 is 0 Å². The van der Waals surface area contributed by atoms with Crippen LogP contribution in [0, 0.1) is 5.82 Å². The van der Waals surface area contributed by atoms with Crippen molar-refractivity contribution in [2.75, 3.05) is 0 Å². The molecule has 0 saturated carbocycles. The van der Waals surface area contributed by atoms with Gasteiger partial charge in [0, 0.05) is 0 Å². The van der Waals surface area contributed by atoms with Gasteiger partial charge in [-0.05, 0) is 33.8 Å². The van der Waals surface area contributed by atoms with Gasteiger partial charge in [0.15, 0.2) is 11.5 Å². The molecule has 0 fully saturated rings. The molecule has 2 aromatic heterocycles. The molecule has 0 bridgehead atoms. The zero-order valence-corrected chi connectivity index (χ0v) is 11.6. The monoisotopic (exact) mass is 322 g/mol. The molecule has 0 atom stereocenters. The Balaban J connectivity index is 1.88. The van der Waals surface area contributed by atoms with Crippen LogP contribution in [0.2, 0.25) is 5.02 Å². The number of amidine groups is 1. The fraction of sp³-hybridized carbons (Fsp3) is 0.0909. The van der Waals surface area contributed by atoms with E-state index < -0.39 is 5.82 Å². The van der Waals surface area contributed by atoms with E-state index in [1.54, 1.807) is 0 Å². The lowest BCUT2D eigenvalue weighted by Gasteiger charge is -2.00. The van der Waals surface area contributed by atoms with Crippen molar-refractivity contribution in [3.8, 4) is 0 Å². The normalized spacial score (nSPS) is 11.8. The summed E-state index contributed by atoms with van der Waals surface area (Å²) >= 11 is 5.69. The summed E-state index contributed by atoms with van der Waals surface area (Å²) in [5, 5.41) is 18.1. The highest BCUT2D eigenvalue weighted by Crippen LogP contribution is 2.22. The van der Waals surface area contributed by atoms with E-state index in [0.717, 1.165) is 0 Å². The van der Waals surface area contributed by atoms with Crippen molar-refractivity contribution in [2.45, 2.75) is 6.54 Å². The summed E-state index contributed by atoms with van der Waals surface area (Å²) in [4.78, 5) is 4.11. The molecule has 0 radical (unpaired) electrons. The number of nitrogens with two attached hydrogens (primary N) is 1. The van der Waals surface area contributed by atoms with E-state index >= 15 is 0 Å². The molecule has 0 aliphatic heterocycles. The van der Waals surface area contributed by atoms with Gasteiger partial charge in [0.05, 0.1) is 17.3 Å². The smallest absolute Gasteiger partial charge is 0.174 e. The van der Waals surface area contributed by atoms with Crippen molar-refractivity contribution >= 4 is 23.1 Å². The van der Waals surface area contributed by atoms with Crippen LogP contribution in [0.3, 0.4) is 0 Å². The molecule has 11 heteroatoms. The molecule has 0 unspecified atom stereocenters. The van der Waals surface area contributed by atoms with Crippen LogP contribution in [0.25, 0.3) is 0 Å². The van der Waals surface area contributed by atoms with Crippen LogP contribution in [0.5, 0.6) is 0 Å². The zero-order chi connectivity index (χ0) is 15.5. The highest BCUT2D eigenvalue weighted by molar-refractivity contribution is 6.31. The molecular formula is C11H8ClFN8O. The Morgan fingerprint density at radius 2 is 2.27 bits per heavy atom. The average Bonchev–Trinajstić information content (AvgIpc) is 3.15. The van der Waals surface area contributed by atoms with Gasteiger partial charge in [-0.25, -0.2) is 18.7 Å². The van der Waals surface area contributed by atoms with Crippen molar-refractivity contribution < 1.29 is 9.02 Å². The first kappa shape index (κ1) is 14.1. The fourth-order valence-electron chi connectivity index (χ4n) is 1.66. The van der Waals surface area contributed by atoms with E-state index in [9.17, 15) is 4.39 Å². The van der Waals surface area contributed by atoms with Crippen molar-refractivity contribution in [1.29, 1.82) is 0 Å². The van der Waals surface area contributed by atoms with Crippen LogP contribution in [0.15, 0.2) is 34.1 Å². The number of rotatable bonds is 4. The lowest BCUT2D eigenvalue weighted by Crippen LogP contribution is -2.17. The zero-order valence-electron chi connectivity index (χ0n) is 10.9. The Hall–Kier alpha value is -2.88. The van der Waals surface area contributed by atoms with E-state index in [-0.39, 0.29) is 23.1 Å². The number of halogens is 2. The van der Waals surface area contributed by atoms with Gasteiger partial charge in [0.25, 0.3) is 0 Å². The van der Waals surface area contributed by atoms with E-state index in [2.05, 4.69) is 35.5 Å². The van der Waals surface area contributed by atoms with Crippen molar-refractivity contribution in [3.63, 3.8) is 0 Å². The highest BCUT2D eigenvalue weighted by Gasteiger charge is 2.15. The first-order valence-corrected chi connectivity index (χ1v) is 6.33. The molecule has 22 heavy (non-hydrogen) atoms. The molecule has 2 heterocycles. The second-order valence-corrected chi connectivity index (χ2v) is 4.57. The summed E-state index contributed by atoms with van der Waals surface area (Å²) < 4.78 is 19.2.